The first-order valence-electron chi connectivity index (χ1n) is 8.17. The van der Waals surface area contributed by atoms with Crippen molar-refractivity contribution in [3.63, 3.8) is 0 Å². The first kappa shape index (κ1) is 14.5. The Labute approximate surface area is 138 Å². The van der Waals surface area contributed by atoms with E-state index in [1.54, 1.807) is 17.5 Å². The highest BCUT2D eigenvalue weighted by Crippen LogP contribution is 2.36. The van der Waals surface area contributed by atoms with Gasteiger partial charge >= 0.3 is 0 Å². The summed E-state index contributed by atoms with van der Waals surface area (Å²) in [7, 11) is 0. The Bertz CT molecular complexity index is 796. The molecule has 3 aromatic rings. The molecule has 1 saturated carbocycles. The van der Waals surface area contributed by atoms with Gasteiger partial charge in [-0.05, 0) is 36.4 Å². The zero-order valence-corrected chi connectivity index (χ0v) is 13.8. The third-order valence-electron chi connectivity index (χ3n) is 4.57. The van der Waals surface area contributed by atoms with Gasteiger partial charge in [-0.15, -0.1) is 11.3 Å². The van der Waals surface area contributed by atoms with Gasteiger partial charge in [-0.1, -0.05) is 12.8 Å². The molecular weight excluding hydrogens is 308 g/mol. The third kappa shape index (κ3) is 2.79. The molecule has 0 atom stereocenters. The predicted molar refractivity (Wildman–Crippen MR) is 91.9 cm³/mol. The number of thiophene rings is 1. The number of carbonyl (C=O) groups is 1. The smallest absolute Gasteiger partial charge is 0.268 e. The molecule has 1 fully saturated rings. The van der Waals surface area contributed by atoms with Crippen LogP contribution in [-0.4, -0.2) is 26.8 Å². The molecule has 0 spiro atoms. The number of nitrogens with one attached hydrogen (secondary N) is 1. The van der Waals surface area contributed by atoms with Crippen LogP contribution in [0.1, 0.15) is 42.2 Å². The van der Waals surface area contributed by atoms with Crippen molar-refractivity contribution >= 4 is 27.5 Å². The van der Waals surface area contributed by atoms with Gasteiger partial charge < -0.3 is 9.88 Å². The lowest BCUT2D eigenvalue weighted by Gasteiger charge is -2.17. The zero-order chi connectivity index (χ0) is 15.6. The van der Waals surface area contributed by atoms with Crippen LogP contribution in [0.3, 0.4) is 0 Å². The first-order chi connectivity index (χ1) is 11.3. The fourth-order valence-corrected chi connectivity index (χ4v) is 4.29. The lowest BCUT2D eigenvalue weighted by atomic mass is 10.2. The Balaban J connectivity index is 1.53. The second kappa shape index (κ2) is 6.20. The van der Waals surface area contributed by atoms with Crippen molar-refractivity contribution in [2.24, 2.45) is 0 Å². The molecule has 1 amide bonds. The van der Waals surface area contributed by atoms with Gasteiger partial charge in [0.05, 0.1) is 16.8 Å². The van der Waals surface area contributed by atoms with E-state index < -0.39 is 0 Å². The lowest BCUT2D eigenvalue weighted by Crippen LogP contribution is -2.29. The maximum absolute atomic E-state index is 12.7. The van der Waals surface area contributed by atoms with Crippen LogP contribution in [0.2, 0.25) is 0 Å². The molecule has 120 valence electrons. The summed E-state index contributed by atoms with van der Waals surface area (Å²) in [6, 6.07) is 6.54. The highest BCUT2D eigenvalue weighted by Gasteiger charge is 2.24. The molecule has 0 bridgehead atoms. The van der Waals surface area contributed by atoms with E-state index >= 15 is 0 Å². The molecule has 1 N–H and O–H groups in total. The summed E-state index contributed by atoms with van der Waals surface area (Å²) in [5.41, 5.74) is 2.01. The van der Waals surface area contributed by atoms with E-state index in [0.29, 0.717) is 19.1 Å². The van der Waals surface area contributed by atoms with Crippen LogP contribution in [-0.2, 0) is 6.54 Å². The molecule has 0 aliphatic heterocycles. The Morgan fingerprint density at radius 3 is 3.04 bits per heavy atom. The fraction of sp³-hybridized carbons (Fsp3) is 0.412. The number of amides is 1. The molecule has 3 aromatic heterocycles. The van der Waals surface area contributed by atoms with Gasteiger partial charge in [0.1, 0.15) is 5.69 Å². The number of nitrogens with zero attached hydrogens (tertiary/aromatic N) is 3. The molecule has 1 aliphatic carbocycles. The maximum atomic E-state index is 12.7. The van der Waals surface area contributed by atoms with Crippen molar-refractivity contribution in [3.8, 4) is 0 Å². The van der Waals surface area contributed by atoms with Gasteiger partial charge in [0.25, 0.3) is 5.91 Å². The quantitative estimate of drug-likeness (QED) is 0.780. The number of hydrogen-bond acceptors (Lipinski definition) is 3. The molecule has 1 aliphatic rings. The summed E-state index contributed by atoms with van der Waals surface area (Å²) >= 11 is 1.71. The summed E-state index contributed by atoms with van der Waals surface area (Å²) in [4.78, 5) is 12.7. The van der Waals surface area contributed by atoms with Crippen LogP contribution in [0.15, 0.2) is 36.0 Å². The Morgan fingerprint density at radius 1 is 1.39 bits per heavy atom. The molecule has 4 rings (SSSR count). The Kier molecular flexibility index (Phi) is 3.91. The van der Waals surface area contributed by atoms with Crippen LogP contribution in [0.4, 0.5) is 0 Å². The highest BCUT2D eigenvalue weighted by atomic mass is 32.1. The van der Waals surface area contributed by atoms with Gasteiger partial charge in [0.2, 0.25) is 0 Å². The zero-order valence-electron chi connectivity index (χ0n) is 12.9. The van der Waals surface area contributed by atoms with Gasteiger partial charge in [-0.3, -0.25) is 9.48 Å². The van der Waals surface area contributed by atoms with E-state index in [-0.39, 0.29) is 5.91 Å². The minimum atomic E-state index is 0.0208. The molecular formula is C17H20N4OS. The summed E-state index contributed by atoms with van der Waals surface area (Å²) in [6.07, 6.45) is 8.52. The third-order valence-corrected chi connectivity index (χ3v) is 5.42. The second-order valence-electron chi connectivity index (χ2n) is 6.03. The standard InChI is InChI=1S/C17H20N4OS/c22-17(18-8-10-20-9-3-7-19-20)15-12-16-14(6-11-23-16)21(15)13-4-1-2-5-13/h3,6-7,9,11-13H,1-2,4-5,8,10H2,(H,18,22). The van der Waals surface area contributed by atoms with E-state index in [9.17, 15) is 4.79 Å². The largest absolute Gasteiger partial charge is 0.349 e. The molecule has 23 heavy (non-hydrogen) atoms. The van der Waals surface area contributed by atoms with E-state index in [2.05, 4.69) is 26.4 Å². The summed E-state index contributed by atoms with van der Waals surface area (Å²) < 4.78 is 5.30. The van der Waals surface area contributed by atoms with Gasteiger partial charge in [-0.25, -0.2) is 0 Å². The molecule has 0 radical (unpaired) electrons. The van der Waals surface area contributed by atoms with Crippen LogP contribution >= 0.6 is 11.3 Å². The number of rotatable bonds is 5. The van der Waals surface area contributed by atoms with Crippen LogP contribution in [0.25, 0.3) is 10.2 Å². The van der Waals surface area contributed by atoms with Crippen molar-refractivity contribution in [2.45, 2.75) is 38.3 Å². The van der Waals surface area contributed by atoms with Gasteiger partial charge in [0, 0.05) is 25.0 Å². The minimum Gasteiger partial charge on any atom is -0.349 e. The summed E-state index contributed by atoms with van der Waals surface area (Å²) in [5.74, 6) is 0.0208. The van der Waals surface area contributed by atoms with Crippen LogP contribution < -0.4 is 5.32 Å². The average Bonchev–Trinajstić information content (AvgIpc) is 3.30. The second-order valence-corrected chi connectivity index (χ2v) is 6.98. The maximum Gasteiger partial charge on any atom is 0.268 e. The number of carbonyl (C=O) groups excluding carboxylic acids is 1. The molecule has 6 heteroatoms. The van der Waals surface area contributed by atoms with E-state index in [4.69, 9.17) is 0 Å². The van der Waals surface area contributed by atoms with Crippen LogP contribution in [0, 0.1) is 0 Å². The normalized spacial score (nSPS) is 15.5. The predicted octanol–water partition coefficient (Wildman–Crippen LogP) is 3.44. The Hall–Kier alpha value is -2.08. The SMILES string of the molecule is O=C(NCCn1cccn1)c1cc2sccc2n1C1CCCC1. The average molecular weight is 328 g/mol. The Morgan fingerprint density at radius 2 is 2.26 bits per heavy atom. The highest BCUT2D eigenvalue weighted by molar-refractivity contribution is 7.17. The van der Waals surface area contributed by atoms with Gasteiger partial charge in [-0.2, -0.15) is 5.10 Å². The number of fused-ring (bicyclic) bond motifs is 1. The van der Waals surface area contributed by atoms with E-state index in [1.807, 2.05) is 23.0 Å². The van der Waals surface area contributed by atoms with Crippen molar-refractivity contribution in [3.05, 3.63) is 41.7 Å². The molecule has 0 unspecified atom stereocenters. The number of hydrogen-bond donors (Lipinski definition) is 1. The molecule has 3 heterocycles. The number of aromatic nitrogens is 3. The monoisotopic (exact) mass is 328 g/mol. The van der Waals surface area contributed by atoms with Crippen LogP contribution in [0.5, 0.6) is 0 Å². The van der Waals surface area contributed by atoms with Crippen molar-refractivity contribution < 1.29 is 4.79 Å². The molecule has 0 saturated heterocycles. The fourth-order valence-electron chi connectivity index (χ4n) is 3.48. The van der Waals surface area contributed by atoms with E-state index in [0.717, 1.165) is 5.69 Å². The van der Waals surface area contributed by atoms with Crippen molar-refractivity contribution in [1.29, 1.82) is 0 Å². The van der Waals surface area contributed by atoms with Gasteiger partial charge in [0.15, 0.2) is 0 Å². The summed E-state index contributed by atoms with van der Waals surface area (Å²) in [6.45, 7) is 1.28. The first-order valence-corrected chi connectivity index (χ1v) is 9.05. The molecule has 5 nitrogen and oxygen atoms in total. The molecule has 0 aromatic carbocycles. The lowest BCUT2D eigenvalue weighted by molar-refractivity contribution is 0.0941. The van der Waals surface area contributed by atoms with Crippen molar-refractivity contribution in [2.75, 3.05) is 6.54 Å². The minimum absolute atomic E-state index is 0.0208. The topological polar surface area (TPSA) is 51.9 Å². The summed E-state index contributed by atoms with van der Waals surface area (Å²) in [5, 5.41) is 9.30. The van der Waals surface area contributed by atoms with E-state index in [1.165, 1.54) is 35.9 Å². The van der Waals surface area contributed by atoms with Crippen molar-refractivity contribution in [1.82, 2.24) is 19.7 Å².